The van der Waals surface area contributed by atoms with Gasteiger partial charge < -0.3 is 5.73 Å². The third kappa shape index (κ3) is 4.50. The number of halogens is 1. The lowest BCUT2D eigenvalue weighted by Crippen LogP contribution is -2.21. The van der Waals surface area contributed by atoms with Crippen LogP contribution in [0, 0.1) is 13.8 Å². The maximum atomic E-state index is 6.14. The van der Waals surface area contributed by atoms with Crippen LogP contribution in [-0.4, -0.2) is 6.04 Å². The van der Waals surface area contributed by atoms with Crippen LogP contribution in [0.4, 0.5) is 0 Å². The van der Waals surface area contributed by atoms with E-state index in [1.807, 2.05) is 12.1 Å². The van der Waals surface area contributed by atoms with Gasteiger partial charge in [-0.3, -0.25) is 0 Å². The monoisotopic (exact) mass is 319 g/mol. The van der Waals surface area contributed by atoms with Crippen LogP contribution < -0.4 is 5.73 Å². The second kappa shape index (κ2) is 7.35. The van der Waals surface area contributed by atoms with Crippen molar-refractivity contribution in [3.8, 4) is 0 Å². The van der Waals surface area contributed by atoms with Gasteiger partial charge in [-0.2, -0.15) is 0 Å². The van der Waals surface area contributed by atoms with Crippen molar-refractivity contribution in [2.75, 3.05) is 0 Å². The molecule has 0 aliphatic carbocycles. The molecule has 21 heavy (non-hydrogen) atoms. The van der Waals surface area contributed by atoms with Crippen LogP contribution in [-0.2, 0) is 6.42 Å². The summed E-state index contributed by atoms with van der Waals surface area (Å²) < 4.78 is 0. The van der Waals surface area contributed by atoms with E-state index in [-0.39, 0.29) is 6.04 Å². The summed E-state index contributed by atoms with van der Waals surface area (Å²) >= 11 is 7.93. The van der Waals surface area contributed by atoms with E-state index in [9.17, 15) is 0 Å². The van der Waals surface area contributed by atoms with Gasteiger partial charge in [-0.1, -0.05) is 36.4 Å². The fourth-order valence-corrected chi connectivity index (χ4v) is 3.37. The summed E-state index contributed by atoms with van der Waals surface area (Å²) in [6.07, 6.45) is 1.84. The van der Waals surface area contributed by atoms with E-state index in [0.717, 1.165) is 17.9 Å². The smallest absolute Gasteiger partial charge is 0.0409 e. The van der Waals surface area contributed by atoms with Gasteiger partial charge in [-0.05, 0) is 73.7 Å². The van der Waals surface area contributed by atoms with Crippen LogP contribution in [0.1, 0.15) is 30.0 Å². The van der Waals surface area contributed by atoms with Gasteiger partial charge in [0.15, 0.2) is 0 Å². The van der Waals surface area contributed by atoms with Crippen LogP contribution in [0.2, 0.25) is 5.02 Å². The first-order chi connectivity index (χ1) is 9.99. The molecule has 1 nitrogen and oxygen atoms in total. The second-order valence-electron chi connectivity index (χ2n) is 5.47. The molecule has 0 spiro atoms. The predicted octanol–water partition coefficient (Wildman–Crippen LogP) is 5.39. The molecule has 1 atom stereocenters. The highest BCUT2D eigenvalue weighted by atomic mass is 35.5. The van der Waals surface area contributed by atoms with E-state index in [4.69, 9.17) is 17.3 Å². The van der Waals surface area contributed by atoms with Gasteiger partial charge in [0.05, 0.1) is 0 Å². The molecule has 0 heterocycles. The fraction of sp³-hybridized carbons (Fsp3) is 0.333. The van der Waals surface area contributed by atoms with Crippen LogP contribution in [0.25, 0.3) is 0 Å². The first-order valence-electron chi connectivity index (χ1n) is 7.28. The highest BCUT2D eigenvalue weighted by Gasteiger charge is 2.09. The standard InChI is InChI=1S/C18H22ClNS/c1-4-16(20)11-14-10-15(19)6-8-18(14)21-17-7-5-12(2)13(3)9-17/h5-10,16H,4,11,20H2,1-3H3. The molecule has 0 aliphatic rings. The number of nitrogens with two attached hydrogens (primary N) is 1. The molecule has 0 amide bonds. The molecule has 0 fully saturated rings. The molecular weight excluding hydrogens is 298 g/mol. The van der Waals surface area contributed by atoms with Gasteiger partial charge >= 0.3 is 0 Å². The SMILES string of the molecule is CCC(N)Cc1cc(Cl)ccc1Sc1ccc(C)c(C)c1. The quantitative estimate of drug-likeness (QED) is 0.799. The number of benzene rings is 2. The average molecular weight is 320 g/mol. The van der Waals surface area contributed by atoms with Crippen LogP contribution in [0.15, 0.2) is 46.2 Å². The molecule has 0 radical (unpaired) electrons. The van der Waals surface area contributed by atoms with E-state index in [1.54, 1.807) is 11.8 Å². The highest BCUT2D eigenvalue weighted by molar-refractivity contribution is 7.99. The third-order valence-corrected chi connectivity index (χ3v) is 5.08. The molecule has 0 saturated heterocycles. The fourth-order valence-electron chi connectivity index (χ4n) is 2.14. The number of hydrogen-bond donors (Lipinski definition) is 1. The number of rotatable bonds is 5. The predicted molar refractivity (Wildman–Crippen MR) is 93.5 cm³/mol. The van der Waals surface area contributed by atoms with Gasteiger partial charge in [0.25, 0.3) is 0 Å². The molecule has 112 valence electrons. The van der Waals surface area contributed by atoms with Gasteiger partial charge in [-0.25, -0.2) is 0 Å². The molecule has 3 heteroatoms. The molecule has 2 aromatic rings. The zero-order valence-electron chi connectivity index (χ0n) is 12.8. The molecule has 2 aromatic carbocycles. The lowest BCUT2D eigenvalue weighted by molar-refractivity contribution is 0.641. The summed E-state index contributed by atoms with van der Waals surface area (Å²) in [5.74, 6) is 0. The molecular formula is C18H22ClNS. The van der Waals surface area contributed by atoms with E-state index in [1.165, 1.54) is 26.5 Å². The minimum Gasteiger partial charge on any atom is -0.327 e. The highest BCUT2D eigenvalue weighted by Crippen LogP contribution is 2.33. The normalized spacial score (nSPS) is 12.4. The van der Waals surface area contributed by atoms with Crippen molar-refractivity contribution in [1.82, 2.24) is 0 Å². The van der Waals surface area contributed by atoms with Gasteiger partial charge in [0.1, 0.15) is 0 Å². The minimum absolute atomic E-state index is 0.183. The molecule has 0 saturated carbocycles. The van der Waals surface area contributed by atoms with Gasteiger partial charge in [-0.15, -0.1) is 0 Å². The van der Waals surface area contributed by atoms with Gasteiger partial charge in [0.2, 0.25) is 0 Å². The van der Waals surface area contributed by atoms with Crippen molar-refractivity contribution >= 4 is 23.4 Å². The molecule has 0 bridgehead atoms. The van der Waals surface area contributed by atoms with E-state index < -0.39 is 0 Å². The lowest BCUT2D eigenvalue weighted by atomic mass is 10.0. The van der Waals surface area contributed by atoms with Crippen molar-refractivity contribution < 1.29 is 0 Å². The van der Waals surface area contributed by atoms with Crippen molar-refractivity contribution in [2.24, 2.45) is 5.73 Å². The molecule has 1 unspecified atom stereocenters. The molecule has 0 aromatic heterocycles. The van der Waals surface area contributed by atoms with E-state index in [2.05, 4.69) is 45.0 Å². The second-order valence-corrected chi connectivity index (χ2v) is 7.02. The van der Waals surface area contributed by atoms with Crippen LogP contribution >= 0.6 is 23.4 Å². The Hall–Kier alpha value is -0.960. The van der Waals surface area contributed by atoms with Crippen molar-refractivity contribution in [2.45, 2.75) is 49.4 Å². The van der Waals surface area contributed by atoms with Crippen LogP contribution in [0.3, 0.4) is 0 Å². The zero-order chi connectivity index (χ0) is 15.4. The van der Waals surface area contributed by atoms with Crippen molar-refractivity contribution in [1.29, 1.82) is 0 Å². The number of aryl methyl sites for hydroxylation is 2. The topological polar surface area (TPSA) is 26.0 Å². The van der Waals surface area contributed by atoms with E-state index in [0.29, 0.717) is 0 Å². The first-order valence-corrected chi connectivity index (χ1v) is 8.48. The van der Waals surface area contributed by atoms with Crippen LogP contribution in [0.5, 0.6) is 0 Å². The van der Waals surface area contributed by atoms with Gasteiger partial charge in [0, 0.05) is 20.9 Å². The summed E-state index contributed by atoms with van der Waals surface area (Å²) in [6.45, 7) is 6.40. The maximum Gasteiger partial charge on any atom is 0.0409 e. The summed E-state index contributed by atoms with van der Waals surface area (Å²) in [7, 11) is 0. The average Bonchev–Trinajstić information content (AvgIpc) is 2.45. The lowest BCUT2D eigenvalue weighted by Gasteiger charge is -2.14. The third-order valence-electron chi connectivity index (χ3n) is 3.74. The Morgan fingerprint density at radius 3 is 2.52 bits per heavy atom. The Kier molecular flexibility index (Phi) is 5.74. The Labute approximate surface area is 136 Å². The number of hydrogen-bond acceptors (Lipinski definition) is 2. The molecule has 0 aliphatic heterocycles. The largest absolute Gasteiger partial charge is 0.327 e. The summed E-state index contributed by atoms with van der Waals surface area (Å²) in [4.78, 5) is 2.50. The van der Waals surface area contributed by atoms with Crippen molar-refractivity contribution in [3.05, 3.63) is 58.1 Å². The molecule has 2 rings (SSSR count). The summed E-state index contributed by atoms with van der Waals surface area (Å²) in [5, 5.41) is 0.776. The Balaban J connectivity index is 2.28. The summed E-state index contributed by atoms with van der Waals surface area (Å²) in [6, 6.07) is 12.9. The zero-order valence-corrected chi connectivity index (χ0v) is 14.4. The Bertz CT molecular complexity index is 625. The maximum absolute atomic E-state index is 6.14. The first kappa shape index (κ1) is 16.4. The Morgan fingerprint density at radius 2 is 1.86 bits per heavy atom. The molecule has 2 N–H and O–H groups in total. The summed E-state index contributed by atoms with van der Waals surface area (Å²) in [5.41, 5.74) is 9.99. The van der Waals surface area contributed by atoms with Crippen molar-refractivity contribution in [3.63, 3.8) is 0 Å². The Morgan fingerprint density at radius 1 is 1.10 bits per heavy atom. The van der Waals surface area contributed by atoms with E-state index >= 15 is 0 Å². The minimum atomic E-state index is 0.183.